The number of carbonyl (C=O) groups is 1. The van der Waals surface area contributed by atoms with Crippen LogP contribution in [0.25, 0.3) is 0 Å². The first-order valence-electron chi connectivity index (χ1n) is 8.44. The zero-order chi connectivity index (χ0) is 18.7. The first-order chi connectivity index (χ1) is 12.4. The number of carbonyl (C=O) groups excluding carboxylic acids is 1. The van der Waals surface area contributed by atoms with Crippen LogP contribution in [0, 0.1) is 5.82 Å². The summed E-state index contributed by atoms with van der Waals surface area (Å²) in [5.41, 5.74) is 3.47. The van der Waals surface area contributed by atoms with Crippen molar-refractivity contribution in [3.63, 3.8) is 0 Å². The number of hydrogen-bond acceptors (Lipinski definition) is 4. The van der Waals surface area contributed by atoms with Crippen molar-refractivity contribution in [2.45, 2.75) is 43.1 Å². The fourth-order valence-electron chi connectivity index (χ4n) is 2.96. The predicted octanol–water partition coefficient (Wildman–Crippen LogP) is 2.72. The van der Waals surface area contributed by atoms with Crippen LogP contribution in [0.1, 0.15) is 30.0 Å². The normalized spacial score (nSPS) is 14.1. The van der Waals surface area contributed by atoms with Gasteiger partial charge in [-0.15, -0.1) is 12.4 Å². The van der Waals surface area contributed by atoms with Crippen molar-refractivity contribution in [1.82, 2.24) is 10.6 Å². The standard InChI is InChI=1S/C19H21FN2O3S.ClH/c1-13(26(24,25)18-6-4-17(20)5-7-18)8-19(23)22-10-14-2-3-15-11-21-12-16(15)9-14;/h2-7,9,13,21H,8,10-12H2,1H3,(H,22,23);1H. The second-order valence-electron chi connectivity index (χ2n) is 6.50. The van der Waals surface area contributed by atoms with Gasteiger partial charge in [-0.25, -0.2) is 12.8 Å². The second-order valence-corrected chi connectivity index (χ2v) is 8.86. The van der Waals surface area contributed by atoms with Gasteiger partial charge in [0.15, 0.2) is 9.84 Å². The summed E-state index contributed by atoms with van der Waals surface area (Å²) in [6, 6.07) is 10.7. The SMILES string of the molecule is CC(CC(=O)NCc1ccc2c(c1)CNC2)S(=O)(=O)c1ccc(F)cc1.Cl. The molecule has 1 aliphatic rings. The molecule has 0 radical (unpaired) electrons. The van der Waals surface area contributed by atoms with Gasteiger partial charge in [-0.05, 0) is 47.9 Å². The minimum absolute atomic E-state index is 0. The first-order valence-corrected chi connectivity index (χ1v) is 9.98. The van der Waals surface area contributed by atoms with E-state index in [4.69, 9.17) is 0 Å². The molecule has 27 heavy (non-hydrogen) atoms. The van der Waals surface area contributed by atoms with Crippen LogP contribution < -0.4 is 10.6 Å². The molecule has 5 nitrogen and oxygen atoms in total. The topological polar surface area (TPSA) is 75.3 Å². The van der Waals surface area contributed by atoms with Gasteiger partial charge < -0.3 is 10.6 Å². The van der Waals surface area contributed by atoms with Gasteiger partial charge in [0, 0.05) is 26.1 Å². The first kappa shape index (κ1) is 21.3. The Morgan fingerprint density at radius 3 is 2.52 bits per heavy atom. The summed E-state index contributed by atoms with van der Waals surface area (Å²) in [7, 11) is -3.68. The Morgan fingerprint density at radius 1 is 1.15 bits per heavy atom. The Bertz CT molecular complexity index is 917. The third-order valence-corrected chi connectivity index (χ3v) is 6.69. The van der Waals surface area contributed by atoms with Gasteiger partial charge in [0.25, 0.3) is 0 Å². The van der Waals surface area contributed by atoms with E-state index in [1.807, 2.05) is 18.2 Å². The molecule has 0 bridgehead atoms. The van der Waals surface area contributed by atoms with Gasteiger partial charge >= 0.3 is 0 Å². The quantitative estimate of drug-likeness (QED) is 0.715. The number of halogens is 2. The van der Waals surface area contributed by atoms with E-state index in [1.165, 1.54) is 30.2 Å². The Kier molecular flexibility index (Phi) is 6.97. The maximum absolute atomic E-state index is 13.0. The van der Waals surface area contributed by atoms with Crippen molar-refractivity contribution < 1.29 is 17.6 Å². The fourth-order valence-corrected chi connectivity index (χ4v) is 4.31. The highest BCUT2D eigenvalue weighted by molar-refractivity contribution is 7.92. The van der Waals surface area contributed by atoms with Crippen LogP contribution in [-0.2, 0) is 34.3 Å². The molecule has 1 atom stereocenters. The van der Waals surface area contributed by atoms with Gasteiger partial charge in [0.2, 0.25) is 5.91 Å². The molecule has 1 heterocycles. The van der Waals surface area contributed by atoms with E-state index >= 15 is 0 Å². The Labute approximate surface area is 164 Å². The van der Waals surface area contributed by atoms with E-state index in [-0.39, 0.29) is 29.6 Å². The third kappa shape index (κ3) is 5.06. The summed E-state index contributed by atoms with van der Waals surface area (Å²) in [6.07, 6.45) is -0.147. The fraction of sp³-hybridized carbons (Fsp3) is 0.316. The van der Waals surface area contributed by atoms with E-state index < -0.39 is 20.9 Å². The maximum atomic E-state index is 13.0. The zero-order valence-corrected chi connectivity index (χ0v) is 16.5. The smallest absolute Gasteiger partial charge is 0.221 e. The molecule has 0 aliphatic carbocycles. The molecule has 8 heteroatoms. The van der Waals surface area contributed by atoms with Gasteiger partial charge in [-0.3, -0.25) is 4.79 Å². The summed E-state index contributed by atoms with van der Waals surface area (Å²) in [4.78, 5) is 12.2. The van der Waals surface area contributed by atoms with Crippen LogP contribution in [-0.4, -0.2) is 19.6 Å². The molecule has 0 saturated carbocycles. The van der Waals surface area contributed by atoms with Crippen LogP contribution in [0.15, 0.2) is 47.4 Å². The van der Waals surface area contributed by atoms with E-state index in [9.17, 15) is 17.6 Å². The zero-order valence-electron chi connectivity index (χ0n) is 14.9. The van der Waals surface area contributed by atoms with Crippen LogP contribution in [0.3, 0.4) is 0 Å². The summed E-state index contributed by atoms with van der Waals surface area (Å²) in [6.45, 7) is 3.53. The molecule has 0 aromatic heterocycles. The van der Waals surface area contributed by atoms with Gasteiger partial charge in [0.05, 0.1) is 10.1 Å². The molecule has 146 valence electrons. The van der Waals surface area contributed by atoms with Crippen LogP contribution >= 0.6 is 12.4 Å². The predicted molar refractivity (Wildman–Crippen MR) is 104 cm³/mol. The molecular formula is C19H22ClFN2O3S. The van der Waals surface area contributed by atoms with E-state index in [2.05, 4.69) is 10.6 Å². The molecule has 0 spiro atoms. The van der Waals surface area contributed by atoms with Gasteiger partial charge in [-0.1, -0.05) is 18.2 Å². The molecule has 3 rings (SSSR count). The molecular weight excluding hydrogens is 391 g/mol. The molecule has 0 fully saturated rings. The van der Waals surface area contributed by atoms with Crippen molar-refractivity contribution in [2.24, 2.45) is 0 Å². The van der Waals surface area contributed by atoms with Crippen LogP contribution in [0.4, 0.5) is 4.39 Å². The highest BCUT2D eigenvalue weighted by Crippen LogP contribution is 2.19. The summed E-state index contributed by atoms with van der Waals surface area (Å²) < 4.78 is 37.9. The van der Waals surface area contributed by atoms with Crippen molar-refractivity contribution in [2.75, 3.05) is 0 Å². The average Bonchev–Trinajstić information content (AvgIpc) is 3.08. The highest BCUT2D eigenvalue weighted by Gasteiger charge is 2.25. The molecule has 2 aromatic rings. The molecule has 2 aromatic carbocycles. The minimum atomic E-state index is -3.68. The van der Waals surface area contributed by atoms with Crippen molar-refractivity contribution in [3.05, 3.63) is 65.0 Å². The Morgan fingerprint density at radius 2 is 1.81 bits per heavy atom. The number of amides is 1. The third-order valence-electron chi connectivity index (χ3n) is 4.54. The lowest BCUT2D eigenvalue weighted by atomic mass is 10.1. The highest BCUT2D eigenvalue weighted by atomic mass is 35.5. The molecule has 1 aliphatic heterocycles. The molecule has 0 saturated heterocycles. The maximum Gasteiger partial charge on any atom is 0.221 e. The van der Waals surface area contributed by atoms with E-state index in [1.54, 1.807) is 0 Å². The summed E-state index contributed by atoms with van der Waals surface area (Å²) in [5, 5.41) is 5.14. The van der Waals surface area contributed by atoms with Gasteiger partial charge in [0.1, 0.15) is 5.82 Å². The Hall–Kier alpha value is -1.96. The number of sulfone groups is 1. The number of hydrogen-bond donors (Lipinski definition) is 2. The van der Waals surface area contributed by atoms with Crippen LogP contribution in [0.5, 0.6) is 0 Å². The lowest BCUT2D eigenvalue weighted by Gasteiger charge is -2.13. The minimum Gasteiger partial charge on any atom is -0.352 e. The largest absolute Gasteiger partial charge is 0.352 e. The number of benzene rings is 2. The number of rotatable bonds is 6. The van der Waals surface area contributed by atoms with E-state index in [0.717, 1.165) is 30.8 Å². The Balaban J connectivity index is 0.00000261. The van der Waals surface area contributed by atoms with E-state index in [0.29, 0.717) is 6.54 Å². The number of fused-ring (bicyclic) bond motifs is 1. The van der Waals surface area contributed by atoms with Crippen LogP contribution in [0.2, 0.25) is 0 Å². The average molecular weight is 413 g/mol. The van der Waals surface area contributed by atoms with Crippen molar-refractivity contribution in [3.8, 4) is 0 Å². The van der Waals surface area contributed by atoms with Crippen molar-refractivity contribution in [1.29, 1.82) is 0 Å². The lowest BCUT2D eigenvalue weighted by Crippen LogP contribution is -2.29. The lowest BCUT2D eigenvalue weighted by molar-refractivity contribution is -0.121. The second kappa shape index (κ2) is 8.82. The van der Waals surface area contributed by atoms with Crippen molar-refractivity contribution >= 4 is 28.2 Å². The summed E-state index contributed by atoms with van der Waals surface area (Å²) >= 11 is 0. The monoisotopic (exact) mass is 412 g/mol. The molecule has 1 unspecified atom stereocenters. The van der Waals surface area contributed by atoms with Gasteiger partial charge in [-0.2, -0.15) is 0 Å². The molecule has 2 N–H and O–H groups in total. The summed E-state index contributed by atoms with van der Waals surface area (Å²) in [5.74, 6) is -0.833. The number of nitrogens with one attached hydrogen (secondary N) is 2. The molecule has 1 amide bonds.